The maximum absolute atomic E-state index is 13.4. The Kier molecular flexibility index (Phi) is 3.92. The SMILES string of the molecule is CCC(Cc1cn[nH]n1)c1cc(F)ccc1OC. The van der Waals surface area contributed by atoms with Crippen LogP contribution >= 0.6 is 0 Å². The van der Waals surface area contributed by atoms with Gasteiger partial charge < -0.3 is 4.74 Å². The van der Waals surface area contributed by atoms with Crippen molar-refractivity contribution < 1.29 is 9.13 Å². The first-order chi connectivity index (χ1) is 8.74. The van der Waals surface area contributed by atoms with E-state index >= 15 is 0 Å². The molecular formula is C13H16FN3O. The number of aromatic amines is 1. The number of hydrogen-bond donors (Lipinski definition) is 1. The lowest BCUT2D eigenvalue weighted by molar-refractivity contribution is 0.402. The van der Waals surface area contributed by atoms with Crippen molar-refractivity contribution in [1.29, 1.82) is 0 Å². The zero-order chi connectivity index (χ0) is 13.0. The second-order valence-electron chi connectivity index (χ2n) is 4.16. The third kappa shape index (κ3) is 2.67. The van der Waals surface area contributed by atoms with Crippen LogP contribution in [0.2, 0.25) is 0 Å². The molecule has 1 N–H and O–H groups in total. The molecule has 1 aromatic heterocycles. The van der Waals surface area contributed by atoms with Gasteiger partial charge in [0.25, 0.3) is 0 Å². The topological polar surface area (TPSA) is 50.8 Å². The molecule has 1 unspecified atom stereocenters. The highest BCUT2D eigenvalue weighted by Gasteiger charge is 2.17. The summed E-state index contributed by atoms with van der Waals surface area (Å²) in [6.07, 6.45) is 3.29. The van der Waals surface area contributed by atoms with Crippen LogP contribution in [0.3, 0.4) is 0 Å². The molecule has 18 heavy (non-hydrogen) atoms. The summed E-state index contributed by atoms with van der Waals surface area (Å²) in [6, 6.07) is 4.61. The van der Waals surface area contributed by atoms with Gasteiger partial charge in [-0.1, -0.05) is 6.92 Å². The number of H-pyrrole nitrogens is 1. The first-order valence-corrected chi connectivity index (χ1v) is 5.92. The third-order valence-electron chi connectivity index (χ3n) is 3.04. The van der Waals surface area contributed by atoms with Gasteiger partial charge in [0.2, 0.25) is 0 Å². The third-order valence-corrected chi connectivity index (χ3v) is 3.04. The van der Waals surface area contributed by atoms with E-state index in [1.165, 1.54) is 12.1 Å². The van der Waals surface area contributed by atoms with Crippen LogP contribution in [-0.2, 0) is 6.42 Å². The molecule has 0 aliphatic rings. The van der Waals surface area contributed by atoms with Gasteiger partial charge in [-0.05, 0) is 30.5 Å². The van der Waals surface area contributed by atoms with E-state index in [1.807, 2.05) is 0 Å². The van der Waals surface area contributed by atoms with Gasteiger partial charge in [-0.15, -0.1) is 0 Å². The van der Waals surface area contributed by atoms with Crippen molar-refractivity contribution in [2.45, 2.75) is 25.7 Å². The highest BCUT2D eigenvalue weighted by molar-refractivity contribution is 5.37. The smallest absolute Gasteiger partial charge is 0.123 e. The van der Waals surface area contributed by atoms with Crippen molar-refractivity contribution in [2.24, 2.45) is 0 Å². The van der Waals surface area contributed by atoms with Crippen LogP contribution < -0.4 is 4.74 Å². The number of nitrogens with zero attached hydrogens (tertiary/aromatic N) is 2. The molecule has 1 heterocycles. The van der Waals surface area contributed by atoms with E-state index in [-0.39, 0.29) is 11.7 Å². The van der Waals surface area contributed by atoms with E-state index in [2.05, 4.69) is 22.3 Å². The molecule has 0 aliphatic heterocycles. The Morgan fingerprint density at radius 3 is 2.89 bits per heavy atom. The molecule has 0 saturated heterocycles. The molecule has 0 radical (unpaired) electrons. The molecule has 0 amide bonds. The number of benzene rings is 1. The Labute approximate surface area is 105 Å². The Bertz CT molecular complexity index is 499. The summed E-state index contributed by atoms with van der Waals surface area (Å²) >= 11 is 0. The number of methoxy groups -OCH3 is 1. The largest absolute Gasteiger partial charge is 0.496 e. The molecule has 0 fully saturated rings. The summed E-state index contributed by atoms with van der Waals surface area (Å²) in [6.45, 7) is 2.06. The second-order valence-corrected chi connectivity index (χ2v) is 4.16. The zero-order valence-electron chi connectivity index (χ0n) is 10.5. The van der Waals surface area contributed by atoms with Crippen LogP contribution in [0.1, 0.15) is 30.5 Å². The van der Waals surface area contributed by atoms with Crippen LogP contribution in [0, 0.1) is 5.82 Å². The molecular weight excluding hydrogens is 233 g/mol. The van der Waals surface area contributed by atoms with Crippen molar-refractivity contribution in [2.75, 3.05) is 7.11 Å². The fraction of sp³-hybridized carbons (Fsp3) is 0.385. The Morgan fingerprint density at radius 1 is 1.44 bits per heavy atom. The summed E-state index contributed by atoms with van der Waals surface area (Å²) in [5, 5.41) is 10.4. The molecule has 2 aromatic rings. The number of nitrogens with one attached hydrogen (secondary N) is 1. The van der Waals surface area contributed by atoms with Gasteiger partial charge in [-0.2, -0.15) is 15.4 Å². The van der Waals surface area contributed by atoms with Gasteiger partial charge >= 0.3 is 0 Å². The average molecular weight is 249 g/mol. The fourth-order valence-corrected chi connectivity index (χ4v) is 2.07. The lowest BCUT2D eigenvalue weighted by Gasteiger charge is -2.17. The molecule has 2 rings (SSSR count). The predicted molar refractivity (Wildman–Crippen MR) is 66.1 cm³/mol. The second kappa shape index (κ2) is 5.62. The first kappa shape index (κ1) is 12.5. The lowest BCUT2D eigenvalue weighted by atomic mass is 9.91. The Hall–Kier alpha value is -1.91. The highest BCUT2D eigenvalue weighted by atomic mass is 19.1. The zero-order valence-corrected chi connectivity index (χ0v) is 10.5. The van der Waals surface area contributed by atoms with Crippen LogP contribution in [-0.4, -0.2) is 22.5 Å². The Balaban J connectivity index is 2.28. The van der Waals surface area contributed by atoms with E-state index in [9.17, 15) is 4.39 Å². The molecule has 96 valence electrons. The number of ether oxygens (including phenoxy) is 1. The summed E-state index contributed by atoms with van der Waals surface area (Å²) in [4.78, 5) is 0. The quantitative estimate of drug-likeness (QED) is 0.886. The van der Waals surface area contributed by atoms with E-state index in [1.54, 1.807) is 19.4 Å². The van der Waals surface area contributed by atoms with Gasteiger partial charge in [-0.3, -0.25) is 0 Å². The van der Waals surface area contributed by atoms with Crippen LogP contribution in [0.15, 0.2) is 24.4 Å². The number of hydrogen-bond acceptors (Lipinski definition) is 3. The van der Waals surface area contributed by atoms with E-state index < -0.39 is 0 Å². The fourth-order valence-electron chi connectivity index (χ4n) is 2.07. The maximum atomic E-state index is 13.4. The van der Waals surface area contributed by atoms with Gasteiger partial charge in [-0.25, -0.2) is 4.39 Å². The first-order valence-electron chi connectivity index (χ1n) is 5.92. The summed E-state index contributed by atoms with van der Waals surface area (Å²) in [5.41, 5.74) is 1.75. The molecule has 0 spiro atoms. The van der Waals surface area contributed by atoms with Crippen molar-refractivity contribution in [3.8, 4) is 5.75 Å². The monoisotopic (exact) mass is 249 g/mol. The van der Waals surface area contributed by atoms with Crippen LogP contribution in [0.25, 0.3) is 0 Å². The van der Waals surface area contributed by atoms with Crippen molar-refractivity contribution in [1.82, 2.24) is 15.4 Å². The van der Waals surface area contributed by atoms with Crippen molar-refractivity contribution >= 4 is 0 Å². The van der Waals surface area contributed by atoms with Gasteiger partial charge in [0.1, 0.15) is 11.6 Å². The van der Waals surface area contributed by atoms with Gasteiger partial charge in [0, 0.05) is 12.0 Å². The molecule has 0 bridgehead atoms. The van der Waals surface area contributed by atoms with E-state index in [0.717, 1.165) is 17.7 Å². The lowest BCUT2D eigenvalue weighted by Crippen LogP contribution is -2.05. The van der Waals surface area contributed by atoms with Crippen LogP contribution in [0.4, 0.5) is 4.39 Å². The van der Waals surface area contributed by atoms with Gasteiger partial charge in [0.05, 0.1) is 19.0 Å². The maximum Gasteiger partial charge on any atom is 0.123 e. The standard InChI is InChI=1S/C13H16FN3O/c1-3-9(6-11-8-15-17-16-11)12-7-10(14)4-5-13(12)18-2/h4-5,7-9H,3,6H2,1-2H3,(H,15,16,17). The normalized spacial score (nSPS) is 12.4. The minimum Gasteiger partial charge on any atom is -0.496 e. The van der Waals surface area contributed by atoms with Crippen LogP contribution in [0.5, 0.6) is 5.75 Å². The molecule has 1 aromatic carbocycles. The molecule has 0 aliphatic carbocycles. The van der Waals surface area contributed by atoms with Gasteiger partial charge in [0.15, 0.2) is 0 Å². The highest BCUT2D eigenvalue weighted by Crippen LogP contribution is 2.31. The Morgan fingerprint density at radius 2 is 2.28 bits per heavy atom. The molecule has 1 atom stereocenters. The molecule has 5 heteroatoms. The van der Waals surface area contributed by atoms with Crippen molar-refractivity contribution in [3.05, 3.63) is 41.5 Å². The predicted octanol–water partition coefficient (Wildman–Crippen LogP) is 2.69. The molecule has 0 saturated carbocycles. The average Bonchev–Trinajstić information content (AvgIpc) is 2.88. The summed E-state index contributed by atoms with van der Waals surface area (Å²) in [7, 11) is 1.60. The number of aromatic nitrogens is 3. The van der Waals surface area contributed by atoms with E-state index in [0.29, 0.717) is 12.2 Å². The van der Waals surface area contributed by atoms with Crippen molar-refractivity contribution in [3.63, 3.8) is 0 Å². The summed E-state index contributed by atoms with van der Waals surface area (Å²) < 4.78 is 18.7. The minimum absolute atomic E-state index is 0.167. The number of halogens is 1. The van der Waals surface area contributed by atoms with E-state index in [4.69, 9.17) is 4.74 Å². The molecule has 4 nitrogen and oxygen atoms in total. The minimum atomic E-state index is -0.246. The summed E-state index contributed by atoms with van der Waals surface area (Å²) in [5.74, 6) is 0.636. The number of rotatable bonds is 5.